The Morgan fingerprint density at radius 1 is 0.957 bits per heavy atom. The van der Waals surface area contributed by atoms with Crippen LogP contribution in [0.15, 0.2) is 53.0 Å². The minimum Gasteiger partial charge on any atom is -0.508 e. The van der Waals surface area contributed by atoms with Gasteiger partial charge in [0.1, 0.15) is 5.75 Å². The average molecular weight is 394 g/mol. The molecule has 8 heteroatoms. The summed E-state index contributed by atoms with van der Waals surface area (Å²) in [6, 6.07) is 12.6. The second-order valence-corrected chi connectivity index (χ2v) is 5.65. The molecule has 2 amide bonds. The molecule has 0 aliphatic rings. The van der Waals surface area contributed by atoms with E-state index < -0.39 is 11.8 Å². The highest BCUT2D eigenvalue weighted by Crippen LogP contribution is 2.15. The Hall–Kier alpha value is -2.45. The van der Waals surface area contributed by atoms with Crippen molar-refractivity contribution in [2.75, 3.05) is 0 Å². The SMILES string of the molecule is O=C(NNC(=S)NC(=O)c1ccccc1Br)c1ccc(O)cc1. The van der Waals surface area contributed by atoms with Crippen LogP contribution in [0.2, 0.25) is 0 Å². The second kappa shape index (κ2) is 7.70. The van der Waals surface area contributed by atoms with Gasteiger partial charge in [-0.15, -0.1) is 0 Å². The van der Waals surface area contributed by atoms with Crippen LogP contribution in [0.5, 0.6) is 5.75 Å². The van der Waals surface area contributed by atoms with Crippen LogP contribution in [0.3, 0.4) is 0 Å². The number of amides is 2. The first-order chi connectivity index (χ1) is 11.0. The lowest BCUT2D eigenvalue weighted by Crippen LogP contribution is -2.48. The molecule has 118 valence electrons. The third kappa shape index (κ3) is 4.76. The topological polar surface area (TPSA) is 90.5 Å². The normalized spacial score (nSPS) is 9.78. The number of hydrazine groups is 1. The summed E-state index contributed by atoms with van der Waals surface area (Å²) in [5.41, 5.74) is 5.54. The monoisotopic (exact) mass is 393 g/mol. The van der Waals surface area contributed by atoms with Crippen molar-refractivity contribution in [3.63, 3.8) is 0 Å². The third-order valence-electron chi connectivity index (χ3n) is 2.76. The molecule has 0 spiro atoms. The zero-order chi connectivity index (χ0) is 16.8. The van der Waals surface area contributed by atoms with E-state index in [4.69, 9.17) is 17.3 Å². The summed E-state index contributed by atoms with van der Waals surface area (Å²) in [5, 5.41) is 11.6. The van der Waals surface area contributed by atoms with Gasteiger partial charge in [0, 0.05) is 10.0 Å². The molecule has 2 aromatic rings. The van der Waals surface area contributed by atoms with E-state index in [1.807, 2.05) is 0 Å². The molecule has 2 rings (SSSR count). The molecule has 23 heavy (non-hydrogen) atoms. The highest BCUT2D eigenvalue weighted by molar-refractivity contribution is 9.10. The maximum Gasteiger partial charge on any atom is 0.269 e. The Morgan fingerprint density at radius 2 is 1.61 bits per heavy atom. The van der Waals surface area contributed by atoms with Crippen molar-refractivity contribution in [2.45, 2.75) is 0 Å². The molecule has 0 aliphatic heterocycles. The number of phenols is 1. The van der Waals surface area contributed by atoms with E-state index in [0.717, 1.165) is 0 Å². The van der Waals surface area contributed by atoms with Gasteiger partial charge in [0.15, 0.2) is 5.11 Å². The summed E-state index contributed by atoms with van der Waals surface area (Å²) < 4.78 is 0.633. The maximum absolute atomic E-state index is 12.0. The molecule has 0 saturated carbocycles. The summed E-state index contributed by atoms with van der Waals surface area (Å²) in [6.07, 6.45) is 0. The number of carbonyl (C=O) groups is 2. The quantitative estimate of drug-likeness (QED) is 0.463. The summed E-state index contributed by atoms with van der Waals surface area (Å²) >= 11 is 8.22. The van der Waals surface area contributed by atoms with Crippen molar-refractivity contribution >= 4 is 45.1 Å². The number of rotatable bonds is 2. The highest BCUT2D eigenvalue weighted by atomic mass is 79.9. The van der Waals surface area contributed by atoms with E-state index in [1.165, 1.54) is 24.3 Å². The van der Waals surface area contributed by atoms with Crippen molar-refractivity contribution in [1.29, 1.82) is 0 Å². The number of nitrogens with one attached hydrogen (secondary N) is 3. The molecular formula is C15H12BrN3O3S. The molecule has 2 aromatic carbocycles. The Kier molecular flexibility index (Phi) is 5.67. The standard InChI is InChI=1S/C15H12BrN3O3S/c16-12-4-2-1-3-11(12)14(22)17-15(23)19-18-13(21)9-5-7-10(20)8-6-9/h1-8,20H,(H,18,21)(H2,17,19,22,23). The Labute approximate surface area is 146 Å². The molecule has 0 unspecified atom stereocenters. The Balaban J connectivity index is 1.88. The zero-order valence-electron chi connectivity index (χ0n) is 11.7. The predicted molar refractivity (Wildman–Crippen MR) is 92.9 cm³/mol. The van der Waals surface area contributed by atoms with Gasteiger partial charge in [-0.05, 0) is 64.5 Å². The van der Waals surface area contributed by atoms with Crippen LogP contribution in [0, 0.1) is 0 Å². The lowest BCUT2D eigenvalue weighted by Gasteiger charge is -2.11. The first-order valence-electron chi connectivity index (χ1n) is 6.42. The largest absolute Gasteiger partial charge is 0.508 e. The average Bonchev–Trinajstić information content (AvgIpc) is 2.53. The number of phenolic OH excluding ortho intramolecular Hbond substituents is 1. The minimum atomic E-state index is -0.456. The molecule has 0 aromatic heterocycles. The van der Waals surface area contributed by atoms with Crippen molar-refractivity contribution < 1.29 is 14.7 Å². The third-order valence-corrected chi connectivity index (χ3v) is 3.66. The molecule has 0 aliphatic carbocycles. The van der Waals surface area contributed by atoms with Gasteiger partial charge in [-0.2, -0.15) is 0 Å². The first kappa shape index (κ1) is 16.9. The summed E-state index contributed by atoms with van der Waals surface area (Å²) in [5.74, 6) is -0.804. The molecule has 0 atom stereocenters. The summed E-state index contributed by atoms with van der Waals surface area (Å²) in [6.45, 7) is 0. The van der Waals surface area contributed by atoms with Gasteiger partial charge in [0.25, 0.3) is 11.8 Å². The van der Waals surface area contributed by atoms with Crippen LogP contribution in [-0.2, 0) is 0 Å². The number of aromatic hydroxyl groups is 1. The van der Waals surface area contributed by atoms with E-state index in [9.17, 15) is 9.59 Å². The zero-order valence-corrected chi connectivity index (χ0v) is 14.1. The van der Waals surface area contributed by atoms with Crippen LogP contribution >= 0.6 is 28.1 Å². The van der Waals surface area contributed by atoms with Crippen LogP contribution in [0.25, 0.3) is 0 Å². The lowest BCUT2D eigenvalue weighted by molar-refractivity contribution is 0.0934. The molecule has 0 saturated heterocycles. The van der Waals surface area contributed by atoms with E-state index in [-0.39, 0.29) is 10.9 Å². The lowest BCUT2D eigenvalue weighted by atomic mass is 10.2. The van der Waals surface area contributed by atoms with Gasteiger partial charge in [0.05, 0.1) is 5.56 Å². The fraction of sp³-hybridized carbons (Fsp3) is 0. The molecule has 6 nitrogen and oxygen atoms in total. The molecule has 0 bridgehead atoms. The van der Waals surface area contributed by atoms with Gasteiger partial charge in [0.2, 0.25) is 0 Å². The van der Waals surface area contributed by atoms with Crippen LogP contribution in [-0.4, -0.2) is 22.0 Å². The minimum absolute atomic E-state index is 0.0436. The van der Waals surface area contributed by atoms with Crippen molar-refractivity contribution in [3.8, 4) is 5.75 Å². The van der Waals surface area contributed by atoms with E-state index in [2.05, 4.69) is 32.1 Å². The van der Waals surface area contributed by atoms with Gasteiger partial charge in [-0.1, -0.05) is 12.1 Å². The fourth-order valence-corrected chi connectivity index (χ4v) is 2.25. The maximum atomic E-state index is 12.0. The Morgan fingerprint density at radius 3 is 2.26 bits per heavy atom. The number of hydrogen-bond donors (Lipinski definition) is 4. The highest BCUT2D eigenvalue weighted by Gasteiger charge is 2.11. The smallest absolute Gasteiger partial charge is 0.269 e. The molecular weight excluding hydrogens is 382 g/mol. The van der Waals surface area contributed by atoms with Gasteiger partial charge in [-0.3, -0.25) is 25.8 Å². The van der Waals surface area contributed by atoms with Crippen LogP contribution in [0.1, 0.15) is 20.7 Å². The van der Waals surface area contributed by atoms with Crippen molar-refractivity contribution in [1.82, 2.24) is 16.2 Å². The first-order valence-corrected chi connectivity index (χ1v) is 7.62. The Bertz CT molecular complexity index is 750. The molecule has 0 heterocycles. The summed E-state index contributed by atoms with van der Waals surface area (Å²) in [4.78, 5) is 23.9. The van der Waals surface area contributed by atoms with Crippen molar-refractivity contribution in [2.24, 2.45) is 0 Å². The number of thiocarbonyl (C=S) groups is 1. The number of hydrogen-bond acceptors (Lipinski definition) is 4. The molecule has 0 radical (unpaired) electrons. The number of benzene rings is 2. The van der Waals surface area contributed by atoms with Crippen molar-refractivity contribution in [3.05, 3.63) is 64.1 Å². The summed E-state index contributed by atoms with van der Waals surface area (Å²) in [7, 11) is 0. The van der Waals surface area contributed by atoms with Gasteiger partial charge >= 0.3 is 0 Å². The van der Waals surface area contributed by atoms with Crippen LogP contribution in [0.4, 0.5) is 0 Å². The van der Waals surface area contributed by atoms with Gasteiger partial charge in [-0.25, -0.2) is 0 Å². The fourth-order valence-electron chi connectivity index (χ4n) is 1.65. The van der Waals surface area contributed by atoms with Gasteiger partial charge < -0.3 is 5.11 Å². The van der Waals surface area contributed by atoms with E-state index in [1.54, 1.807) is 24.3 Å². The number of carbonyl (C=O) groups excluding carboxylic acids is 2. The van der Waals surface area contributed by atoms with E-state index >= 15 is 0 Å². The predicted octanol–water partition coefficient (Wildman–Crippen LogP) is 2.10. The molecule has 4 N–H and O–H groups in total. The second-order valence-electron chi connectivity index (χ2n) is 4.39. The molecule has 0 fully saturated rings. The van der Waals surface area contributed by atoms with E-state index in [0.29, 0.717) is 15.6 Å². The number of halogens is 1. The van der Waals surface area contributed by atoms with Crippen LogP contribution < -0.4 is 16.2 Å².